The van der Waals surface area contributed by atoms with Gasteiger partial charge in [-0.2, -0.15) is 4.31 Å². The Kier molecular flexibility index (Phi) is 4.42. The van der Waals surface area contributed by atoms with Crippen LogP contribution in [0.3, 0.4) is 0 Å². The van der Waals surface area contributed by atoms with Crippen LogP contribution in [0.25, 0.3) is 0 Å². The summed E-state index contributed by atoms with van der Waals surface area (Å²) < 4.78 is 26.2. The predicted molar refractivity (Wildman–Crippen MR) is 88.7 cm³/mol. The van der Waals surface area contributed by atoms with Crippen LogP contribution in [0.15, 0.2) is 41.8 Å². The molecule has 2 fully saturated rings. The number of sulfonamides is 1. The highest BCUT2D eigenvalue weighted by molar-refractivity contribution is 7.89. The van der Waals surface area contributed by atoms with Gasteiger partial charge in [0.15, 0.2) is 0 Å². The molecule has 3 rings (SSSR count). The smallest absolute Gasteiger partial charge is 0.243 e. The summed E-state index contributed by atoms with van der Waals surface area (Å²) in [6.07, 6.45) is 2.99. The number of carbonyl (C=O) groups excluding carboxylic acids is 2. The predicted octanol–water partition coefficient (Wildman–Crippen LogP) is 0.710. The molecule has 7 nitrogen and oxygen atoms in total. The molecule has 1 aromatic rings. The topological polar surface area (TPSA) is 95.6 Å². The van der Waals surface area contributed by atoms with Crippen molar-refractivity contribution >= 4 is 27.5 Å². The van der Waals surface area contributed by atoms with Crippen LogP contribution in [0, 0.1) is 5.92 Å². The molecule has 1 aromatic carbocycles. The van der Waals surface area contributed by atoms with Crippen LogP contribution in [0.2, 0.25) is 0 Å². The summed E-state index contributed by atoms with van der Waals surface area (Å²) in [7, 11) is -3.58. The van der Waals surface area contributed by atoms with Gasteiger partial charge in [0, 0.05) is 24.7 Å². The van der Waals surface area contributed by atoms with Crippen molar-refractivity contribution in [1.82, 2.24) is 9.62 Å². The molecule has 24 heavy (non-hydrogen) atoms. The highest BCUT2D eigenvalue weighted by Crippen LogP contribution is 2.30. The van der Waals surface area contributed by atoms with Crippen molar-refractivity contribution in [2.45, 2.75) is 23.8 Å². The number of carbonyl (C=O) groups is 2. The number of hydrogen-bond acceptors (Lipinski definition) is 4. The molecule has 0 atom stereocenters. The molecule has 2 aliphatic rings. The fraction of sp³-hybridized carbons (Fsp3) is 0.375. The van der Waals surface area contributed by atoms with E-state index in [-0.39, 0.29) is 41.8 Å². The Labute approximate surface area is 140 Å². The molecule has 2 amide bonds. The minimum Gasteiger partial charge on any atom is -0.347 e. The van der Waals surface area contributed by atoms with Crippen molar-refractivity contribution in [2.24, 2.45) is 5.92 Å². The van der Waals surface area contributed by atoms with Crippen LogP contribution in [-0.2, 0) is 19.6 Å². The Morgan fingerprint density at radius 2 is 1.79 bits per heavy atom. The average molecular weight is 349 g/mol. The fourth-order valence-corrected chi connectivity index (χ4v) is 3.97. The third kappa shape index (κ3) is 3.49. The summed E-state index contributed by atoms with van der Waals surface area (Å²) in [5.74, 6) is -0.237. The fourth-order valence-electron chi connectivity index (χ4n) is 2.43. The minimum atomic E-state index is -3.58. The first-order chi connectivity index (χ1) is 11.4. The number of amides is 2. The third-order valence-electron chi connectivity index (χ3n) is 4.09. The van der Waals surface area contributed by atoms with Crippen LogP contribution < -0.4 is 10.6 Å². The molecule has 0 aromatic heterocycles. The summed E-state index contributed by atoms with van der Waals surface area (Å²) in [6.45, 7) is 3.83. The van der Waals surface area contributed by atoms with E-state index in [4.69, 9.17) is 0 Å². The van der Waals surface area contributed by atoms with Gasteiger partial charge in [0.05, 0.1) is 10.9 Å². The maximum Gasteiger partial charge on any atom is 0.243 e. The Balaban J connectivity index is 1.60. The Bertz CT molecular complexity index is 763. The van der Waals surface area contributed by atoms with E-state index in [0.717, 1.165) is 18.9 Å². The van der Waals surface area contributed by atoms with E-state index in [1.165, 1.54) is 16.4 Å². The van der Waals surface area contributed by atoms with E-state index in [1.54, 1.807) is 12.1 Å². The second-order valence-electron chi connectivity index (χ2n) is 6.02. The summed E-state index contributed by atoms with van der Waals surface area (Å²) in [6, 6.07) is 5.94. The molecule has 2 N–H and O–H groups in total. The van der Waals surface area contributed by atoms with E-state index < -0.39 is 10.0 Å². The van der Waals surface area contributed by atoms with Gasteiger partial charge in [-0.25, -0.2) is 8.42 Å². The molecule has 8 heteroatoms. The number of benzene rings is 1. The lowest BCUT2D eigenvalue weighted by molar-refractivity contribution is -0.118. The summed E-state index contributed by atoms with van der Waals surface area (Å²) in [5, 5.41) is 5.43. The first-order valence-electron chi connectivity index (χ1n) is 7.74. The number of nitrogens with one attached hydrogen (secondary N) is 2. The monoisotopic (exact) mass is 349 g/mol. The van der Waals surface area contributed by atoms with Gasteiger partial charge in [0.2, 0.25) is 21.8 Å². The van der Waals surface area contributed by atoms with Gasteiger partial charge in [0.25, 0.3) is 0 Å². The first kappa shape index (κ1) is 16.7. The lowest BCUT2D eigenvalue weighted by atomic mass is 10.2. The lowest BCUT2D eigenvalue weighted by Gasteiger charge is -2.38. The average Bonchev–Trinajstić information content (AvgIpc) is 3.35. The molecular formula is C16H19N3O4S. The SMILES string of the molecule is C=CC(=O)NC1CN(S(=O)(=O)c2ccc(NC(=O)C3CC3)cc2)C1. The van der Waals surface area contributed by atoms with Gasteiger partial charge in [-0.1, -0.05) is 6.58 Å². The zero-order chi connectivity index (χ0) is 17.3. The molecule has 0 bridgehead atoms. The molecular weight excluding hydrogens is 330 g/mol. The van der Waals surface area contributed by atoms with E-state index in [9.17, 15) is 18.0 Å². The van der Waals surface area contributed by atoms with Crippen molar-refractivity contribution in [3.05, 3.63) is 36.9 Å². The van der Waals surface area contributed by atoms with Gasteiger partial charge >= 0.3 is 0 Å². The molecule has 0 radical (unpaired) electrons. The van der Waals surface area contributed by atoms with Crippen molar-refractivity contribution in [2.75, 3.05) is 18.4 Å². The summed E-state index contributed by atoms with van der Waals surface area (Å²) in [5.41, 5.74) is 0.589. The van der Waals surface area contributed by atoms with Gasteiger partial charge in [-0.3, -0.25) is 9.59 Å². The Morgan fingerprint density at radius 3 is 2.33 bits per heavy atom. The van der Waals surface area contributed by atoms with Crippen molar-refractivity contribution in [3.8, 4) is 0 Å². The third-order valence-corrected chi connectivity index (χ3v) is 5.93. The first-order valence-corrected chi connectivity index (χ1v) is 9.18. The molecule has 0 unspecified atom stereocenters. The normalized spacial score (nSPS) is 18.5. The molecule has 1 aliphatic heterocycles. The molecule has 128 valence electrons. The maximum atomic E-state index is 12.5. The second kappa shape index (κ2) is 6.37. The van der Waals surface area contributed by atoms with Crippen molar-refractivity contribution in [1.29, 1.82) is 0 Å². The highest BCUT2D eigenvalue weighted by Gasteiger charge is 2.37. The number of rotatable bonds is 6. The molecule has 1 saturated carbocycles. The van der Waals surface area contributed by atoms with Gasteiger partial charge < -0.3 is 10.6 Å². The van der Waals surface area contributed by atoms with Crippen LogP contribution in [-0.4, -0.2) is 43.7 Å². The van der Waals surface area contributed by atoms with Crippen LogP contribution in [0.1, 0.15) is 12.8 Å². The lowest BCUT2D eigenvalue weighted by Crippen LogP contribution is -2.60. The minimum absolute atomic E-state index is 0.0193. The highest BCUT2D eigenvalue weighted by atomic mass is 32.2. The zero-order valence-corrected chi connectivity index (χ0v) is 13.9. The van der Waals surface area contributed by atoms with Crippen molar-refractivity contribution in [3.63, 3.8) is 0 Å². The molecule has 0 spiro atoms. The number of anilines is 1. The standard InChI is InChI=1S/C16H19N3O4S/c1-2-15(20)17-13-9-19(10-13)24(22,23)14-7-5-12(6-8-14)18-16(21)11-3-4-11/h2,5-8,11,13H,1,3-4,9-10H2,(H,17,20)(H,18,21). The number of hydrogen-bond donors (Lipinski definition) is 2. The Morgan fingerprint density at radius 1 is 1.17 bits per heavy atom. The van der Waals surface area contributed by atoms with Gasteiger partial charge in [-0.05, 0) is 43.2 Å². The van der Waals surface area contributed by atoms with E-state index in [2.05, 4.69) is 17.2 Å². The zero-order valence-electron chi connectivity index (χ0n) is 13.1. The van der Waals surface area contributed by atoms with E-state index >= 15 is 0 Å². The van der Waals surface area contributed by atoms with Gasteiger partial charge in [0.1, 0.15) is 0 Å². The van der Waals surface area contributed by atoms with Gasteiger partial charge in [-0.15, -0.1) is 0 Å². The molecule has 1 heterocycles. The van der Waals surface area contributed by atoms with Crippen LogP contribution in [0.4, 0.5) is 5.69 Å². The van der Waals surface area contributed by atoms with E-state index in [0.29, 0.717) is 5.69 Å². The maximum absolute atomic E-state index is 12.5. The van der Waals surface area contributed by atoms with Crippen molar-refractivity contribution < 1.29 is 18.0 Å². The van der Waals surface area contributed by atoms with Crippen LogP contribution >= 0.6 is 0 Å². The summed E-state index contributed by atoms with van der Waals surface area (Å²) in [4.78, 5) is 23.0. The number of nitrogens with zero attached hydrogens (tertiary/aromatic N) is 1. The Hall–Kier alpha value is -2.19. The van der Waals surface area contributed by atoms with E-state index in [1.807, 2.05) is 0 Å². The second-order valence-corrected chi connectivity index (χ2v) is 7.96. The summed E-state index contributed by atoms with van der Waals surface area (Å²) >= 11 is 0. The largest absolute Gasteiger partial charge is 0.347 e. The molecule has 1 aliphatic carbocycles. The quantitative estimate of drug-likeness (QED) is 0.740. The van der Waals surface area contributed by atoms with Crippen LogP contribution in [0.5, 0.6) is 0 Å². The molecule has 1 saturated heterocycles.